The molecule has 0 saturated carbocycles. The van der Waals surface area contributed by atoms with E-state index in [9.17, 15) is 24.6 Å². The van der Waals surface area contributed by atoms with Crippen LogP contribution in [0.5, 0.6) is 0 Å². The Morgan fingerprint density at radius 1 is 1.27 bits per heavy atom. The quantitative estimate of drug-likeness (QED) is 0.551. The third-order valence-electron chi connectivity index (χ3n) is 4.38. The molecule has 0 radical (unpaired) electrons. The molecule has 3 aromatic rings. The monoisotopic (exact) mass is 367 g/mol. The molecule has 8 heteroatoms. The molecule has 128 valence electrons. The standard InChI is InChI=1S/C18H10FN3O3S/c19-13-6-2-5-11-14-12(8-20)18(23)21-15(17(14)26-16(11)13)9-3-1-4-10(7-9)22(24)25/h1-7,12,15H,(H,21,23). The van der Waals surface area contributed by atoms with Crippen molar-refractivity contribution in [1.29, 1.82) is 5.26 Å². The molecule has 1 aromatic heterocycles. The number of hydrogen-bond acceptors (Lipinski definition) is 5. The molecule has 2 atom stereocenters. The van der Waals surface area contributed by atoms with Gasteiger partial charge in [-0.15, -0.1) is 11.3 Å². The highest BCUT2D eigenvalue weighted by atomic mass is 32.1. The third-order valence-corrected chi connectivity index (χ3v) is 5.67. The van der Waals surface area contributed by atoms with Crippen LogP contribution in [0, 0.1) is 27.3 Å². The lowest BCUT2D eigenvalue weighted by atomic mass is 9.88. The molecular formula is C18H10FN3O3S. The summed E-state index contributed by atoms with van der Waals surface area (Å²) >= 11 is 1.15. The van der Waals surface area contributed by atoms with Gasteiger partial charge in [0, 0.05) is 28.0 Å². The molecule has 1 N–H and O–H groups in total. The zero-order valence-corrected chi connectivity index (χ0v) is 13.9. The molecule has 0 spiro atoms. The lowest BCUT2D eigenvalue weighted by molar-refractivity contribution is -0.384. The van der Waals surface area contributed by atoms with Gasteiger partial charge < -0.3 is 5.32 Å². The van der Waals surface area contributed by atoms with Crippen LogP contribution < -0.4 is 5.32 Å². The summed E-state index contributed by atoms with van der Waals surface area (Å²) in [7, 11) is 0. The minimum Gasteiger partial charge on any atom is -0.343 e. The first kappa shape index (κ1) is 16.2. The number of fused-ring (bicyclic) bond motifs is 3. The predicted molar refractivity (Wildman–Crippen MR) is 93.2 cm³/mol. The summed E-state index contributed by atoms with van der Waals surface area (Å²) in [6.07, 6.45) is 0. The minimum atomic E-state index is -1.05. The Balaban J connectivity index is 1.98. The van der Waals surface area contributed by atoms with Crippen molar-refractivity contribution in [3.8, 4) is 6.07 Å². The zero-order chi connectivity index (χ0) is 18.4. The summed E-state index contributed by atoms with van der Waals surface area (Å²) in [6.45, 7) is 0. The molecule has 2 aromatic carbocycles. The van der Waals surface area contributed by atoms with Crippen molar-refractivity contribution in [2.24, 2.45) is 0 Å². The van der Waals surface area contributed by atoms with Gasteiger partial charge in [-0.1, -0.05) is 24.3 Å². The van der Waals surface area contributed by atoms with Gasteiger partial charge in [-0.3, -0.25) is 14.9 Å². The first-order valence-corrected chi connectivity index (χ1v) is 8.48. The maximum absolute atomic E-state index is 14.2. The van der Waals surface area contributed by atoms with Crippen LogP contribution in [-0.4, -0.2) is 10.8 Å². The second-order valence-electron chi connectivity index (χ2n) is 5.85. The van der Waals surface area contributed by atoms with E-state index in [0.717, 1.165) is 11.3 Å². The van der Waals surface area contributed by atoms with E-state index in [1.54, 1.807) is 12.1 Å². The van der Waals surface area contributed by atoms with E-state index < -0.39 is 28.6 Å². The smallest absolute Gasteiger partial charge is 0.269 e. The van der Waals surface area contributed by atoms with Crippen LogP contribution in [0.1, 0.15) is 28.0 Å². The minimum absolute atomic E-state index is 0.104. The first-order chi connectivity index (χ1) is 12.5. The summed E-state index contributed by atoms with van der Waals surface area (Å²) in [5.74, 6) is -1.97. The average Bonchev–Trinajstić information content (AvgIpc) is 3.02. The number of nitro groups is 1. The van der Waals surface area contributed by atoms with Gasteiger partial charge in [-0.2, -0.15) is 5.26 Å². The fraction of sp³-hybridized carbons (Fsp3) is 0.111. The van der Waals surface area contributed by atoms with Gasteiger partial charge in [0.15, 0.2) is 5.92 Å². The lowest BCUT2D eigenvalue weighted by Gasteiger charge is -2.27. The second kappa shape index (κ2) is 5.89. The molecule has 2 heterocycles. The van der Waals surface area contributed by atoms with E-state index in [-0.39, 0.29) is 5.69 Å². The van der Waals surface area contributed by atoms with Gasteiger partial charge in [0.1, 0.15) is 5.82 Å². The number of carbonyl (C=O) groups excluding carboxylic acids is 1. The Morgan fingerprint density at radius 2 is 2.04 bits per heavy atom. The van der Waals surface area contributed by atoms with E-state index in [1.807, 2.05) is 6.07 Å². The number of halogens is 1. The van der Waals surface area contributed by atoms with E-state index in [1.165, 1.54) is 30.3 Å². The van der Waals surface area contributed by atoms with Crippen molar-refractivity contribution < 1.29 is 14.1 Å². The van der Waals surface area contributed by atoms with Gasteiger partial charge in [0.05, 0.1) is 21.7 Å². The fourth-order valence-corrected chi connectivity index (χ4v) is 4.56. The number of rotatable bonds is 2. The first-order valence-electron chi connectivity index (χ1n) is 7.66. The molecule has 0 bridgehead atoms. The number of hydrogen-bond donors (Lipinski definition) is 1. The van der Waals surface area contributed by atoms with Crippen molar-refractivity contribution >= 4 is 33.0 Å². The number of nitrogens with zero attached hydrogens (tertiary/aromatic N) is 2. The highest BCUT2D eigenvalue weighted by Gasteiger charge is 2.38. The Hall–Kier alpha value is -3.31. The number of benzene rings is 2. The Kier molecular flexibility index (Phi) is 3.67. The molecule has 1 aliphatic rings. The van der Waals surface area contributed by atoms with E-state index in [4.69, 9.17) is 0 Å². The van der Waals surface area contributed by atoms with Crippen molar-refractivity contribution in [2.75, 3.05) is 0 Å². The van der Waals surface area contributed by atoms with Crippen LogP contribution in [0.4, 0.5) is 10.1 Å². The maximum atomic E-state index is 14.2. The van der Waals surface area contributed by atoms with Crippen molar-refractivity contribution in [2.45, 2.75) is 12.0 Å². The SMILES string of the molecule is N#CC1C(=O)NC(c2cccc([N+](=O)[O-])c2)c2sc3c(F)cccc3c21. The molecule has 1 aliphatic heterocycles. The van der Waals surface area contributed by atoms with Crippen LogP contribution in [0.25, 0.3) is 10.1 Å². The highest BCUT2D eigenvalue weighted by molar-refractivity contribution is 7.19. The number of thiophene rings is 1. The summed E-state index contributed by atoms with van der Waals surface area (Å²) in [4.78, 5) is 23.6. The molecule has 1 amide bonds. The second-order valence-corrected chi connectivity index (χ2v) is 6.90. The number of nitriles is 1. The molecule has 0 saturated heterocycles. The average molecular weight is 367 g/mol. The summed E-state index contributed by atoms with van der Waals surface area (Å²) in [5.41, 5.74) is 0.886. The van der Waals surface area contributed by atoms with Crippen LogP contribution in [-0.2, 0) is 4.79 Å². The maximum Gasteiger partial charge on any atom is 0.269 e. The van der Waals surface area contributed by atoms with E-state index >= 15 is 0 Å². The third kappa shape index (κ3) is 2.33. The van der Waals surface area contributed by atoms with Crippen molar-refractivity contribution in [3.63, 3.8) is 0 Å². The van der Waals surface area contributed by atoms with Crippen LogP contribution >= 0.6 is 11.3 Å². The highest BCUT2D eigenvalue weighted by Crippen LogP contribution is 2.45. The zero-order valence-electron chi connectivity index (χ0n) is 13.1. The molecule has 4 rings (SSSR count). The Bertz CT molecular complexity index is 1120. The van der Waals surface area contributed by atoms with Gasteiger partial charge in [-0.25, -0.2) is 4.39 Å². The molecule has 2 unspecified atom stereocenters. The van der Waals surface area contributed by atoms with Crippen LogP contribution in [0.2, 0.25) is 0 Å². The fourth-order valence-electron chi connectivity index (χ4n) is 3.23. The van der Waals surface area contributed by atoms with E-state index in [2.05, 4.69) is 5.32 Å². The van der Waals surface area contributed by atoms with Gasteiger partial charge in [0.2, 0.25) is 5.91 Å². The molecule has 0 aliphatic carbocycles. The van der Waals surface area contributed by atoms with Crippen molar-refractivity contribution in [3.05, 3.63) is 74.4 Å². The van der Waals surface area contributed by atoms with Gasteiger partial charge in [-0.05, 0) is 11.6 Å². The molecule has 6 nitrogen and oxygen atoms in total. The van der Waals surface area contributed by atoms with E-state index in [0.29, 0.717) is 26.1 Å². The topological polar surface area (TPSA) is 96.0 Å². The largest absolute Gasteiger partial charge is 0.343 e. The summed E-state index contributed by atoms with van der Waals surface area (Å²) in [6, 6.07) is 11.8. The molecule has 0 fully saturated rings. The van der Waals surface area contributed by atoms with Crippen LogP contribution in [0.15, 0.2) is 42.5 Å². The summed E-state index contributed by atoms with van der Waals surface area (Å²) in [5, 5.41) is 23.8. The predicted octanol–water partition coefficient (Wildman–Crippen LogP) is 3.77. The normalized spacial score (nSPS) is 18.8. The number of carbonyl (C=O) groups is 1. The number of amides is 1. The Morgan fingerprint density at radius 3 is 2.77 bits per heavy atom. The summed E-state index contributed by atoms with van der Waals surface area (Å²) < 4.78 is 14.6. The van der Waals surface area contributed by atoms with Crippen LogP contribution in [0.3, 0.4) is 0 Å². The molecule has 26 heavy (non-hydrogen) atoms. The number of non-ortho nitro benzene ring substituents is 1. The number of nitro benzene ring substituents is 1. The van der Waals surface area contributed by atoms with Gasteiger partial charge >= 0.3 is 0 Å². The Labute approximate surface area is 150 Å². The lowest BCUT2D eigenvalue weighted by Crippen LogP contribution is -2.37. The molecular weight excluding hydrogens is 357 g/mol. The van der Waals surface area contributed by atoms with Gasteiger partial charge in [0.25, 0.3) is 5.69 Å². The van der Waals surface area contributed by atoms with Crippen molar-refractivity contribution in [1.82, 2.24) is 5.32 Å². The number of nitrogens with one attached hydrogen (secondary N) is 1.